The quantitative estimate of drug-likeness (QED) is 0.352. The van der Waals surface area contributed by atoms with Crippen LogP contribution in [0.5, 0.6) is 0 Å². The van der Waals surface area contributed by atoms with Crippen LogP contribution in [0.2, 0.25) is 0 Å². The Morgan fingerprint density at radius 2 is 2.00 bits per heavy atom. The molecule has 0 radical (unpaired) electrons. The van der Waals surface area contributed by atoms with E-state index in [0.29, 0.717) is 13.1 Å². The van der Waals surface area contributed by atoms with Crippen molar-refractivity contribution in [3.05, 3.63) is 69.5 Å². The van der Waals surface area contributed by atoms with Gasteiger partial charge in [0.25, 0.3) is 5.91 Å². The Bertz CT molecular complexity index is 870. The molecule has 0 saturated carbocycles. The van der Waals surface area contributed by atoms with Gasteiger partial charge in [-0.05, 0) is 29.7 Å². The molecule has 0 bridgehead atoms. The van der Waals surface area contributed by atoms with Crippen molar-refractivity contribution >= 4 is 23.8 Å². The van der Waals surface area contributed by atoms with Crippen LogP contribution in [-0.4, -0.2) is 34.9 Å². The van der Waals surface area contributed by atoms with Crippen LogP contribution in [0, 0.1) is 10.1 Å². The van der Waals surface area contributed by atoms with E-state index in [0.717, 1.165) is 18.1 Å². The number of nitrogens with zero attached hydrogens (tertiary/aromatic N) is 2. The Morgan fingerprint density at radius 3 is 2.73 bits per heavy atom. The van der Waals surface area contributed by atoms with Gasteiger partial charge < -0.3 is 14.1 Å². The number of esters is 1. The minimum Gasteiger partial charge on any atom is -0.452 e. The average molecular weight is 356 g/mol. The molecular formula is C18H16N2O6. The van der Waals surface area contributed by atoms with E-state index in [-0.39, 0.29) is 18.3 Å². The van der Waals surface area contributed by atoms with Crippen LogP contribution in [0.4, 0.5) is 5.88 Å². The Labute approximate surface area is 148 Å². The van der Waals surface area contributed by atoms with Gasteiger partial charge in [0.05, 0.1) is 6.07 Å². The number of fused-ring (bicyclic) bond motifs is 1. The summed E-state index contributed by atoms with van der Waals surface area (Å²) in [6.07, 6.45) is 3.07. The molecule has 3 rings (SSSR count). The normalized spacial score (nSPS) is 13.5. The summed E-state index contributed by atoms with van der Waals surface area (Å²) in [6, 6.07) is 10.5. The summed E-state index contributed by atoms with van der Waals surface area (Å²) in [7, 11) is 0. The number of rotatable bonds is 5. The third-order valence-corrected chi connectivity index (χ3v) is 4.00. The molecule has 1 aromatic heterocycles. The van der Waals surface area contributed by atoms with E-state index in [9.17, 15) is 19.7 Å². The number of carbonyl (C=O) groups is 2. The van der Waals surface area contributed by atoms with E-state index in [1.807, 2.05) is 24.3 Å². The lowest BCUT2D eigenvalue weighted by Gasteiger charge is -2.28. The monoisotopic (exact) mass is 356 g/mol. The maximum absolute atomic E-state index is 12.2. The SMILES string of the molecule is O=C(/C=C/c1ccc([N+](=O)[O-])o1)OCC(=O)N1CCc2ccccc2C1. The summed E-state index contributed by atoms with van der Waals surface area (Å²) in [6.45, 7) is 0.724. The molecule has 0 atom stereocenters. The van der Waals surface area contributed by atoms with Gasteiger partial charge in [0.2, 0.25) is 0 Å². The van der Waals surface area contributed by atoms with Gasteiger partial charge in [-0.2, -0.15) is 0 Å². The van der Waals surface area contributed by atoms with Gasteiger partial charge in [0, 0.05) is 19.2 Å². The Hall–Kier alpha value is -3.42. The van der Waals surface area contributed by atoms with Crippen molar-refractivity contribution in [1.29, 1.82) is 0 Å². The summed E-state index contributed by atoms with van der Waals surface area (Å²) in [4.78, 5) is 35.4. The highest BCUT2D eigenvalue weighted by molar-refractivity contribution is 5.89. The van der Waals surface area contributed by atoms with Crippen LogP contribution in [0.3, 0.4) is 0 Å². The van der Waals surface area contributed by atoms with Crippen LogP contribution >= 0.6 is 0 Å². The molecule has 2 aromatic rings. The number of furan rings is 1. The topological polar surface area (TPSA) is 103 Å². The van der Waals surface area contributed by atoms with Gasteiger partial charge in [-0.1, -0.05) is 24.3 Å². The molecular weight excluding hydrogens is 340 g/mol. The highest BCUT2D eigenvalue weighted by Gasteiger charge is 2.21. The number of benzene rings is 1. The first-order chi connectivity index (χ1) is 12.5. The van der Waals surface area contributed by atoms with Crippen LogP contribution in [-0.2, 0) is 27.3 Å². The molecule has 134 valence electrons. The Balaban J connectivity index is 1.49. The predicted molar refractivity (Wildman–Crippen MR) is 90.9 cm³/mol. The van der Waals surface area contributed by atoms with Gasteiger partial charge in [0.1, 0.15) is 10.7 Å². The van der Waals surface area contributed by atoms with Gasteiger partial charge in [-0.25, -0.2) is 4.79 Å². The van der Waals surface area contributed by atoms with Crippen LogP contribution in [0.25, 0.3) is 6.08 Å². The summed E-state index contributed by atoms with van der Waals surface area (Å²) in [5.74, 6) is -1.27. The lowest BCUT2D eigenvalue weighted by molar-refractivity contribution is -0.402. The fourth-order valence-corrected chi connectivity index (χ4v) is 2.66. The second-order valence-corrected chi connectivity index (χ2v) is 5.71. The highest BCUT2D eigenvalue weighted by atomic mass is 16.6. The van der Waals surface area contributed by atoms with Crippen LogP contribution in [0.1, 0.15) is 16.9 Å². The molecule has 0 spiro atoms. The van der Waals surface area contributed by atoms with Crippen molar-refractivity contribution in [2.24, 2.45) is 0 Å². The fraction of sp³-hybridized carbons (Fsp3) is 0.222. The van der Waals surface area contributed by atoms with Crippen molar-refractivity contribution in [3.8, 4) is 0 Å². The first-order valence-electron chi connectivity index (χ1n) is 7.96. The van der Waals surface area contributed by atoms with Gasteiger partial charge >= 0.3 is 11.9 Å². The average Bonchev–Trinajstić information content (AvgIpc) is 3.13. The number of ether oxygens (including phenoxy) is 1. The first-order valence-corrected chi connectivity index (χ1v) is 7.96. The molecule has 1 aliphatic rings. The van der Waals surface area contributed by atoms with Gasteiger partial charge in [0.15, 0.2) is 6.61 Å². The maximum Gasteiger partial charge on any atom is 0.433 e. The van der Waals surface area contributed by atoms with E-state index >= 15 is 0 Å². The molecule has 8 heteroatoms. The number of nitro groups is 1. The van der Waals surface area contributed by atoms with Crippen molar-refractivity contribution < 1.29 is 23.7 Å². The molecule has 0 saturated heterocycles. The van der Waals surface area contributed by atoms with Gasteiger partial charge in [-0.3, -0.25) is 14.9 Å². The summed E-state index contributed by atoms with van der Waals surface area (Å²) < 4.78 is 9.81. The highest BCUT2D eigenvalue weighted by Crippen LogP contribution is 2.19. The summed E-state index contributed by atoms with van der Waals surface area (Å²) in [5.41, 5.74) is 2.32. The second kappa shape index (κ2) is 7.64. The molecule has 1 aromatic carbocycles. The van der Waals surface area contributed by atoms with Crippen molar-refractivity contribution in [1.82, 2.24) is 4.90 Å². The smallest absolute Gasteiger partial charge is 0.433 e. The number of hydrogen-bond acceptors (Lipinski definition) is 6. The summed E-state index contributed by atoms with van der Waals surface area (Å²) in [5, 5.41) is 10.5. The molecule has 0 unspecified atom stereocenters. The zero-order valence-electron chi connectivity index (χ0n) is 13.8. The van der Waals surface area contributed by atoms with Crippen molar-refractivity contribution in [2.75, 3.05) is 13.2 Å². The molecule has 0 aliphatic carbocycles. The summed E-state index contributed by atoms with van der Waals surface area (Å²) >= 11 is 0. The number of carbonyl (C=O) groups excluding carboxylic acids is 2. The third kappa shape index (κ3) is 4.15. The second-order valence-electron chi connectivity index (χ2n) is 5.71. The van der Waals surface area contributed by atoms with Crippen LogP contribution in [0.15, 0.2) is 46.9 Å². The molecule has 1 amide bonds. The van der Waals surface area contributed by atoms with E-state index in [2.05, 4.69) is 0 Å². The fourth-order valence-electron chi connectivity index (χ4n) is 2.66. The lowest BCUT2D eigenvalue weighted by Crippen LogP contribution is -2.38. The molecule has 0 fully saturated rings. The van der Waals surface area contributed by atoms with E-state index < -0.39 is 16.8 Å². The zero-order chi connectivity index (χ0) is 18.5. The van der Waals surface area contributed by atoms with E-state index in [4.69, 9.17) is 9.15 Å². The van der Waals surface area contributed by atoms with Crippen molar-refractivity contribution in [2.45, 2.75) is 13.0 Å². The lowest BCUT2D eigenvalue weighted by atomic mass is 10.00. The number of amides is 1. The predicted octanol–water partition coefficient (Wildman–Crippen LogP) is 2.33. The number of hydrogen-bond donors (Lipinski definition) is 0. The van der Waals surface area contributed by atoms with Gasteiger partial charge in [-0.15, -0.1) is 0 Å². The molecule has 0 N–H and O–H groups in total. The third-order valence-electron chi connectivity index (χ3n) is 4.00. The molecule has 26 heavy (non-hydrogen) atoms. The molecule has 2 heterocycles. The minimum atomic E-state index is -0.727. The minimum absolute atomic E-state index is 0.146. The first kappa shape index (κ1) is 17.4. The van der Waals surface area contributed by atoms with Crippen molar-refractivity contribution in [3.63, 3.8) is 0 Å². The van der Waals surface area contributed by atoms with Crippen LogP contribution < -0.4 is 0 Å². The Kier molecular flexibility index (Phi) is 5.12. The zero-order valence-corrected chi connectivity index (χ0v) is 13.8. The maximum atomic E-state index is 12.2. The molecule has 1 aliphatic heterocycles. The Morgan fingerprint density at radius 1 is 1.23 bits per heavy atom. The van der Waals surface area contributed by atoms with E-state index in [1.54, 1.807) is 4.90 Å². The largest absolute Gasteiger partial charge is 0.452 e. The standard InChI is InChI=1S/C18H16N2O6/c21-16(19-10-9-13-3-1-2-4-14(13)11-19)12-25-18(22)8-6-15-5-7-17(26-15)20(23)24/h1-8H,9-12H2/b8-6+. The molecule has 8 nitrogen and oxygen atoms in total. The van der Waals surface area contributed by atoms with E-state index in [1.165, 1.54) is 23.8 Å².